The number of aryl methyl sites for hydroxylation is 1. The van der Waals surface area contributed by atoms with Gasteiger partial charge in [-0.05, 0) is 63.5 Å². The molecule has 1 heterocycles. The van der Waals surface area contributed by atoms with Crippen LogP contribution in [-0.2, 0) is 14.3 Å². The lowest BCUT2D eigenvalue weighted by molar-refractivity contribution is -0.148. The molecule has 1 saturated carbocycles. The van der Waals surface area contributed by atoms with Gasteiger partial charge in [-0.2, -0.15) is 0 Å². The Morgan fingerprint density at radius 3 is 2.64 bits per heavy atom. The number of esters is 1. The largest absolute Gasteiger partial charge is 0.449 e. The van der Waals surface area contributed by atoms with Gasteiger partial charge in [-0.25, -0.2) is 13.6 Å². The fraction of sp³-hybridized carbons (Fsp3) is 0.333. The zero-order valence-corrected chi connectivity index (χ0v) is 16.0. The lowest BCUT2D eigenvalue weighted by atomic mass is 10.2. The maximum absolute atomic E-state index is 13.6. The summed E-state index contributed by atoms with van der Waals surface area (Å²) in [6, 6.07) is 5.25. The molecule has 3 rings (SSSR count). The third-order valence-corrected chi connectivity index (χ3v) is 4.68. The van der Waals surface area contributed by atoms with Crippen molar-refractivity contribution in [1.29, 1.82) is 0 Å². The van der Waals surface area contributed by atoms with Gasteiger partial charge >= 0.3 is 5.97 Å². The summed E-state index contributed by atoms with van der Waals surface area (Å²) in [6.07, 6.45) is 4.07. The van der Waals surface area contributed by atoms with Gasteiger partial charge in [0.05, 0.1) is 5.69 Å². The molecule has 5 nitrogen and oxygen atoms in total. The Hall–Kier alpha value is -2.96. The molecule has 0 aliphatic heterocycles. The first kappa shape index (κ1) is 19.8. The van der Waals surface area contributed by atoms with E-state index >= 15 is 0 Å². The van der Waals surface area contributed by atoms with E-state index in [1.807, 2.05) is 19.9 Å². The predicted molar refractivity (Wildman–Crippen MR) is 102 cm³/mol. The second-order valence-corrected chi connectivity index (χ2v) is 6.95. The number of ether oxygens (including phenoxy) is 1. The zero-order chi connectivity index (χ0) is 20.4. The van der Waals surface area contributed by atoms with E-state index in [0.717, 1.165) is 35.2 Å². The molecular formula is C21H22F2N2O3. The summed E-state index contributed by atoms with van der Waals surface area (Å²) < 4.78 is 34.1. The van der Waals surface area contributed by atoms with E-state index in [-0.39, 0.29) is 5.69 Å². The number of amides is 1. The number of halogens is 2. The van der Waals surface area contributed by atoms with Crippen LogP contribution >= 0.6 is 0 Å². The molecule has 1 atom stereocenters. The zero-order valence-electron chi connectivity index (χ0n) is 16.0. The van der Waals surface area contributed by atoms with Crippen molar-refractivity contribution in [2.24, 2.45) is 0 Å². The third kappa shape index (κ3) is 4.47. The van der Waals surface area contributed by atoms with Crippen molar-refractivity contribution in [1.82, 2.24) is 4.57 Å². The standard InChI is InChI=1S/C21H22F2N2O3/c1-12-10-15(13(2)25(12)17-6-7-17)4-9-20(26)28-14(3)21(27)24-19-11-16(22)5-8-18(19)23/h4-5,8-11,14,17H,6-7H2,1-3H3,(H,24,27)/b9-4+/t14-/m0/s1. The van der Waals surface area contributed by atoms with Crippen molar-refractivity contribution >= 4 is 23.6 Å². The number of hydrogen-bond acceptors (Lipinski definition) is 3. The summed E-state index contributed by atoms with van der Waals surface area (Å²) in [7, 11) is 0. The van der Waals surface area contributed by atoms with Gasteiger partial charge in [0.25, 0.3) is 5.91 Å². The van der Waals surface area contributed by atoms with E-state index in [2.05, 4.69) is 9.88 Å². The molecule has 0 spiro atoms. The number of rotatable bonds is 6. The van der Waals surface area contributed by atoms with Crippen LogP contribution in [0.25, 0.3) is 6.08 Å². The molecule has 1 aliphatic rings. The van der Waals surface area contributed by atoms with Crippen LogP contribution in [0.15, 0.2) is 30.3 Å². The van der Waals surface area contributed by atoms with Crippen molar-refractivity contribution < 1.29 is 23.1 Å². The van der Waals surface area contributed by atoms with Crippen molar-refractivity contribution in [2.45, 2.75) is 45.8 Å². The van der Waals surface area contributed by atoms with Gasteiger partial charge in [-0.1, -0.05) is 0 Å². The average molecular weight is 388 g/mol. The van der Waals surface area contributed by atoms with Gasteiger partial charge in [0.2, 0.25) is 0 Å². The van der Waals surface area contributed by atoms with Crippen LogP contribution in [0.1, 0.15) is 42.8 Å². The number of benzene rings is 1. The molecule has 0 radical (unpaired) electrons. The Morgan fingerprint density at radius 2 is 1.96 bits per heavy atom. The highest BCUT2D eigenvalue weighted by molar-refractivity contribution is 5.96. The second kappa shape index (κ2) is 7.96. The summed E-state index contributed by atoms with van der Waals surface area (Å²) in [5.41, 5.74) is 2.82. The number of nitrogens with one attached hydrogen (secondary N) is 1. The Labute approximate surface area is 162 Å². The third-order valence-electron chi connectivity index (χ3n) is 4.68. The van der Waals surface area contributed by atoms with Crippen LogP contribution in [0.4, 0.5) is 14.5 Å². The van der Waals surface area contributed by atoms with Crippen LogP contribution in [0.5, 0.6) is 0 Å². The highest BCUT2D eigenvalue weighted by Crippen LogP contribution is 2.38. The van der Waals surface area contributed by atoms with Crippen molar-refractivity contribution in [2.75, 3.05) is 5.32 Å². The maximum atomic E-state index is 13.6. The monoisotopic (exact) mass is 388 g/mol. The predicted octanol–water partition coefficient (Wildman–Crippen LogP) is 4.30. The number of aromatic nitrogens is 1. The van der Waals surface area contributed by atoms with E-state index in [0.29, 0.717) is 6.04 Å². The topological polar surface area (TPSA) is 60.3 Å². The fourth-order valence-corrected chi connectivity index (χ4v) is 3.12. The van der Waals surface area contributed by atoms with Gasteiger partial charge < -0.3 is 14.6 Å². The highest BCUT2D eigenvalue weighted by Gasteiger charge is 2.26. The fourth-order valence-electron chi connectivity index (χ4n) is 3.12. The van der Waals surface area contributed by atoms with Gasteiger partial charge in [-0.3, -0.25) is 4.79 Å². The first-order valence-electron chi connectivity index (χ1n) is 9.09. The van der Waals surface area contributed by atoms with E-state index < -0.39 is 29.6 Å². The number of anilines is 1. The smallest absolute Gasteiger partial charge is 0.331 e. The summed E-state index contributed by atoms with van der Waals surface area (Å²) >= 11 is 0. The molecule has 1 aliphatic carbocycles. The molecule has 1 N–H and O–H groups in total. The summed E-state index contributed by atoms with van der Waals surface area (Å²) in [6.45, 7) is 5.39. The quantitative estimate of drug-likeness (QED) is 0.593. The molecule has 148 valence electrons. The van der Waals surface area contributed by atoms with Gasteiger partial charge in [0, 0.05) is 29.6 Å². The van der Waals surface area contributed by atoms with E-state index in [4.69, 9.17) is 4.74 Å². The molecule has 7 heteroatoms. The Kier molecular flexibility index (Phi) is 5.63. The number of hydrogen-bond donors (Lipinski definition) is 1. The van der Waals surface area contributed by atoms with Crippen molar-refractivity contribution in [3.05, 3.63) is 58.9 Å². The van der Waals surface area contributed by atoms with Crippen LogP contribution in [0.2, 0.25) is 0 Å². The number of carbonyl (C=O) groups excluding carboxylic acids is 2. The van der Waals surface area contributed by atoms with E-state index in [1.54, 1.807) is 6.08 Å². The molecule has 1 aromatic carbocycles. The minimum absolute atomic E-state index is 0.309. The molecule has 1 aromatic heterocycles. The summed E-state index contributed by atoms with van der Waals surface area (Å²) in [4.78, 5) is 24.1. The minimum atomic E-state index is -1.17. The Bertz CT molecular complexity index is 945. The van der Waals surface area contributed by atoms with E-state index in [1.165, 1.54) is 25.8 Å². The van der Waals surface area contributed by atoms with Crippen LogP contribution in [-0.4, -0.2) is 22.5 Å². The van der Waals surface area contributed by atoms with Gasteiger partial charge in [-0.15, -0.1) is 0 Å². The SMILES string of the molecule is Cc1cc(/C=C/C(=O)O[C@@H](C)C(=O)Nc2cc(F)ccc2F)c(C)n1C1CC1. The summed E-state index contributed by atoms with van der Waals surface area (Å²) in [5, 5.41) is 2.21. The molecule has 2 aromatic rings. The molecule has 28 heavy (non-hydrogen) atoms. The maximum Gasteiger partial charge on any atom is 0.331 e. The summed E-state index contributed by atoms with van der Waals surface area (Å²) in [5.74, 6) is -2.91. The van der Waals surface area contributed by atoms with Crippen molar-refractivity contribution in [3.8, 4) is 0 Å². The first-order valence-corrected chi connectivity index (χ1v) is 9.09. The van der Waals surface area contributed by atoms with Crippen molar-refractivity contribution in [3.63, 3.8) is 0 Å². The van der Waals surface area contributed by atoms with Crippen LogP contribution in [0, 0.1) is 25.5 Å². The van der Waals surface area contributed by atoms with Gasteiger partial charge in [0.1, 0.15) is 11.6 Å². The molecule has 0 bridgehead atoms. The van der Waals surface area contributed by atoms with Gasteiger partial charge in [0.15, 0.2) is 6.10 Å². The normalized spacial score (nSPS) is 14.9. The lowest BCUT2D eigenvalue weighted by Gasteiger charge is -2.13. The molecule has 1 amide bonds. The first-order chi connectivity index (χ1) is 13.3. The average Bonchev–Trinajstić information content (AvgIpc) is 3.42. The Morgan fingerprint density at radius 1 is 1.25 bits per heavy atom. The highest BCUT2D eigenvalue weighted by atomic mass is 19.1. The molecule has 0 unspecified atom stereocenters. The minimum Gasteiger partial charge on any atom is -0.449 e. The van der Waals surface area contributed by atoms with Crippen LogP contribution in [0.3, 0.4) is 0 Å². The molecule has 0 saturated heterocycles. The second-order valence-electron chi connectivity index (χ2n) is 6.95. The molecular weight excluding hydrogens is 366 g/mol. The Balaban J connectivity index is 1.59. The number of nitrogens with zero attached hydrogens (tertiary/aromatic N) is 1. The van der Waals surface area contributed by atoms with E-state index in [9.17, 15) is 18.4 Å². The number of carbonyl (C=O) groups is 2. The lowest BCUT2D eigenvalue weighted by Crippen LogP contribution is -2.29. The van der Waals surface area contributed by atoms with Crippen LogP contribution < -0.4 is 5.32 Å². The molecule has 1 fully saturated rings.